The first-order valence-corrected chi connectivity index (χ1v) is 18.0. The summed E-state index contributed by atoms with van der Waals surface area (Å²) >= 11 is 0. The van der Waals surface area contributed by atoms with Crippen LogP contribution in [0.3, 0.4) is 0 Å². The summed E-state index contributed by atoms with van der Waals surface area (Å²) in [6, 6.07) is 7.55. The van der Waals surface area contributed by atoms with Crippen molar-refractivity contribution in [2.45, 2.75) is 121 Å². The predicted molar refractivity (Wildman–Crippen MR) is 176 cm³/mol. The Morgan fingerprint density at radius 3 is 2.22 bits per heavy atom. The van der Waals surface area contributed by atoms with Gasteiger partial charge in [0, 0.05) is 19.0 Å². The molecule has 1 aromatic carbocycles. The van der Waals surface area contributed by atoms with Crippen molar-refractivity contribution < 1.29 is 28.2 Å². The molecule has 2 amide bonds. The molecule has 1 fully saturated rings. The number of aliphatic hydroxyl groups excluding tert-OH is 2. The zero-order chi connectivity index (χ0) is 33.2. The lowest BCUT2D eigenvalue weighted by Crippen LogP contribution is -2.55. The molecule has 0 bridgehead atoms. The van der Waals surface area contributed by atoms with E-state index in [1.807, 2.05) is 44.2 Å². The number of nitrogens with zero attached hydrogens (tertiary/aromatic N) is 1. The number of carbonyl (C=O) groups is 2. The van der Waals surface area contributed by atoms with Crippen LogP contribution < -0.4 is 10.6 Å². The number of nitrogens with one attached hydrogen (secondary N) is 3. The highest BCUT2D eigenvalue weighted by molar-refractivity contribution is 7.92. The number of benzene rings is 1. The number of amides is 2. The highest BCUT2D eigenvalue weighted by Crippen LogP contribution is 2.29. The lowest BCUT2D eigenvalue weighted by atomic mass is 9.82. The van der Waals surface area contributed by atoms with Crippen LogP contribution in [0.4, 0.5) is 0 Å². The number of H-pyrrole nitrogens is 1. The van der Waals surface area contributed by atoms with Gasteiger partial charge in [0.25, 0.3) is 0 Å². The third kappa shape index (κ3) is 11.5. The van der Waals surface area contributed by atoms with E-state index in [0.29, 0.717) is 18.0 Å². The summed E-state index contributed by atoms with van der Waals surface area (Å²) in [6.45, 7) is 8.60. The largest absolute Gasteiger partial charge is 0.393 e. The Bertz CT molecular complexity index is 1290. The topological polar surface area (TPSA) is 161 Å². The first kappa shape index (κ1) is 36.7. The third-order valence-electron chi connectivity index (χ3n) is 9.01. The summed E-state index contributed by atoms with van der Waals surface area (Å²) in [5.41, 5.74) is 1.37. The Morgan fingerprint density at radius 2 is 1.64 bits per heavy atom. The van der Waals surface area contributed by atoms with Crippen molar-refractivity contribution in [3.05, 3.63) is 54.1 Å². The fourth-order valence-corrected chi connectivity index (χ4v) is 7.11. The van der Waals surface area contributed by atoms with Crippen LogP contribution in [0.2, 0.25) is 0 Å². The summed E-state index contributed by atoms with van der Waals surface area (Å²) in [7, 11) is -3.67. The van der Waals surface area contributed by atoms with E-state index in [4.69, 9.17) is 0 Å². The normalized spacial score (nSPS) is 18.1. The van der Waals surface area contributed by atoms with E-state index in [0.717, 1.165) is 31.2 Å². The SMILES string of the molecule is CC(C)C(O)CC(O)[C@H](CC1CCCCC1)NC(=O)[C@H](Cc1c[nH]cn1)NC(=O)C(Cc1ccccc1)CS(=O)(=O)C(C)(C)C. The van der Waals surface area contributed by atoms with Crippen LogP contribution in [0.1, 0.15) is 90.8 Å². The molecular formula is C34H54N4O6S. The fraction of sp³-hybridized carbons (Fsp3) is 0.676. The second kappa shape index (κ2) is 16.7. The first-order valence-electron chi connectivity index (χ1n) is 16.4. The van der Waals surface area contributed by atoms with Gasteiger partial charge >= 0.3 is 0 Å². The van der Waals surface area contributed by atoms with E-state index in [2.05, 4.69) is 20.6 Å². The summed E-state index contributed by atoms with van der Waals surface area (Å²) in [6.07, 6.45) is 7.81. The van der Waals surface area contributed by atoms with Crippen molar-refractivity contribution in [2.24, 2.45) is 17.8 Å². The van der Waals surface area contributed by atoms with Crippen molar-refractivity contribution in [2.75, 3.05) is 5.75 Å². The van der Waals surface area contributed by atoms with Gasteiger partial charge in [0.05, 0.1) is 46.7 Å². The molecular weight excluding hydrogens is 592 g/mol. The highest BCUT2D eigenvalue weighted by atomic mass is 32.2. The van der Waals surface area contributed by atoms with Crippen molar-refractivity contribution in [3.63, 3.8) is 0 Å². The number of carbonyl (C=O) groups excluding carboxylic acids is 2. The van der Waals surface area contributed by atoms with Gasteiger partial charge in [0.1, 0.15) is 6.04 Å². The Morgan fingerprint density at radius 1 is 0.978 bits per heavy atom. The summed E-state index contributed by atoms with van der Waals surface area (Å²) in [5, 5.41) is 27.6. The standard InChI is InChI=1S/C34H54N4O6S/c1-23(2)30(39)19-31(40)28(17-25-14-10-7-11-15-25)37-33(42)29(18-27-20-35-22-36-27)38-32(41)26(16-24-12-8-6-9-13-24)21-45(43,44)34(3,4)5/h6,8-9,12-13,20,22-23,25-26,28-31,39-40H,7,10-11,14-19,21H2,1-5H3,(H,35,36)(H,37,42)(H,38,41)/t26?,28-,29-,30?,31?/m0/s1. The molecule has 11 heteroatoms. The third-order valence-corrected chi connectivity index (χ3v) is 11.7. The maximum atomic E-state index is 14.0. The van der Waals surface area contributed by atoms with Gasteiger partial charge in [-0.3, -0.25) is 9.59 Å². The van der Waals surface area contributed by atoms with E-state index < -0.39 is 56.6 Å². The van der Waals surface area contributed by atoms with Crippen molar-refractivity contribution in [1.29, 1.82) is 0 Å². The molecule has 1 saturated carbocycles. The maximum Gasteiger partial charge on any atom is 0.243 e. The van der Waals surface area contributed by atoms with E-state index in [-0.39, 0.29) is 30.9 Å². The molecule has 5 atom stereocenters. The van der Waals surface area contributed by atoms with E-state index in [1.54, 1.807) is 27.0 Å². The number of aliphatic hydroxyl groups is 2. The second-order valence-corrected chi connectivity index (χ2v) is 16.9. The molecule has 0 saturated heterocycles. The smallest absolute Gasteiger partial charge is 0.243 e. The lowest BCUT2D eigenvalue weighted by molar-refractivity contribution is -0.131. The van der Waals surface area contributed by atoms with E-state index in [9.17, 15) is 28.2 Å². The molecule has 5 N–H and O–H groups in total. The van der Waals surface area contributed by atoms with Crippen LogP contribution in [-0.4, -0.2) is 75.2 Å². The number of imidazole rings is 1. The number of aromatic amines is 1. The van der Waals surface area contributed by atoms with E-state index >= 15 is 0 Å². The summed E-state index contributed by atoms with van der Waals surface area (Å²) in [5.74, 6) is -2.04. The van der Waals surface area contributed by atoms with Crippen molar-refractivity contribution >= 4 is 21.7 Å². The number of sulfone groups is 1. The number of hydrogen-bond acceptors (Lipinski definition) is 7. The molecule has 2 aromatic rings. The van der Waals surface area contributed by atoms with Gasteiger partial charge in [0.15, 0.2) is 9.84 Å². The molecule has 252 valence electrons. The van der Waals surface area contributed by atoms with Crippen LogP contribution in [-0.2, 0) is 32.3 Å². The quantitative estimate of drug-likeness (QED) is 0.186. The average Bonchev–Trinajstić information content (AvgIpc) is 3.49. The zero-order valence-electron chi connectivity index (χ0n) is 27.5. The molecule has 0 aliphatic heterocycles. The number of aromatic nitrogens is 2. The Balaban J connectivity index is 1.86. The van der Waals surface area contributed by atoms with Crippen LogP contribution >= 0.6 is 0 Å². The lowest BCUT2D eigenvalue weighted by Gasteiger charge is -2.33. The second-order valence-electron chi connectivity index (χ2n) is 14.1. The molecule has 1 aliphatic carbocycles. The van der Waals surface area contributed by atoms with Gasteiger partial charge < -0.3 is 25.8 Å². The van der Waals surface area contributed by atoms with Gasteiger partial charge in [-0.15, -0.1) is 0 Å². The van der Waals surface area contributed by atoms with Crippen LogP contribution in [0, 0.1) is 17.8 Å². The van der Waals surface area contributed by atoms with Crippen molar-refractivity contribution in [3.8, 4) is 0 Å². The number of rotatable bonds is 16. The van der Waals surface area contributed by atoms with Crippen molar-refractivity contribution in [1.82, 2.24) is 20.6 Å². The number of hydrogen-bond donors (Lipinski definition) is 5. The molecule has 3 rings (SSSR count). The van der Waals surface area contributed by atoms with Crippen LogP contribution in [0.15, 0.2) is 42.9 Å². The minimum Gasteiger partial charge on any atom is -0.393 e. The van der Waals surface area contributed by atoms with Gasteiger partial charge in [0.2, 0.25) is 11.8 Å². The molecule has 0 spiro atoms. The molecule has 45 heavy (non-hydrogen) atoms. The summed E-state index contributed by atoms with van der Waals surface area (Å²) in [4.78, 5) is 35.0. The molecule has 3 unspecified atom stereocenters. The Kier molecular flexibility index (Phi) is 13.6. The van der Waals surface area contributed by atoms with Gasteiger partial charge in [-0.2, -0.15) is 0 Å². The fourth-order valence-electron chi connectivity index (χ4n) is 5.81. The van der Waals surface area contributed by atoms with E-state index in [1.165, 1.54) is 12.7 Å². The molecule has 10 nitrogen and oxygen atoms in total. The van der Waals surface area contributed by atoms with Gasteiger partial charge in [-0.1, -0.05) is 76.3 Å². The van der Waals surface area contributed by atoms with Crippen LogP contribution in [0.5, 0.6) is 0 Å². The minimum absolute atomic E-state index is 0.0525. The highest BCUT2D eigenvalue weighted by Gasteiger charge is 2.37. The zero-order valence-corrected chi connectivity index (χ0v) is 28.4. The van der Waals surface area contributed by atoms with Gasteiger partial charge in [-0.05, 0) is 51.0 Å². The van der Waals surface area contributed by atoms with Crippen LogP contribution in [0.25, 0.3) is 0 Å². The Labute approximate surface area is 269 Å². The molecule has 1 aromatic heterocycles. The van der Waals surface area contributed by atoms with Gasteiger partial charge in [-0.25, -0.2) is 13.4 Å². The minimum atomic E-state index is -3.67. The molecule has 1 heterocycles. The molecule has 1 aliphatic rings. The molecule has 0 radical (unpaired) electrons. The Hall–Kier alpha value is -2.76. The maximum absolute atomic E-state index is 14.0. The summed E-state index contributed by atoms with van der Waals surface area (Å²) < 4.78 is 25.5. The first-order chi connectivity index (χ1) is 21.2. The predicted octanol–water partition coefficient (Wildman–Crippen LogP) is 3.73. The average molecular weight is 647 g/mol. The monoisotopic (exact) mass is 646 g/mol.